The van der Waals surface area contributed by atoms with E-state index < -0.39 is 5.91 Å². The monoisotopic (exact) mass is 488 g/mol. The number of nitrogens with one attached hydrogen (secondary N) is 2. The summed E-state index contributed by atoms with van der Waals surface area (Å²) in [5.74, 6) is 0.349. The van der Waals surface area contributed by atoms with Gasteiger partial charge in [-0.1, -0.05) is 26.0 Å². The second-order valence-corrected chi connectivity index (χ2v) is 6.81. The highest BCUT2D eigenvalue weighted by Gasteiger charge is 2.53. The predicted molar refractivity (Wildman–Crippen MR) is 121 cm³/mol. The number of rotatable bonds is 8. The molecule has 2 atom stereocenters. The van der Waals surface area contributed by atoms with Crippen molar-refractivity contribution in [1.82, 2.24) is 10.6 Å². The van der Waals surface area contributed by atoms with Crippen LogP contribution >= 0.6 is 24.0 Å². The Morgan fingerprint density at radius 2 is 2.04 bits per heavy atom. The summed E-state index contributed by atoms with van der Waals surface area (Å²) in [6.45, 7) is 7.84. The number of nitrogens with two attached hydrogens (primary N) is 1. The molecule has 1 aromatic carbocycles. The van der Waals surface area contributed by atoms with Gasteiger partial charge in [-0.15, -0.1) is 24.0 Å². The van der Waals surface area contributed by atoms with E-state index in [1.807, 2.05) is 12.1 Å². The van der Waals surface area contributed by atoms with E-state index in [9.17, 15) is 4.79 Å². The molecule has 0 aliphatic heterocycles. The summed E-state index contributed by atoms with van der Waals surface area (Å²) in [5, 5.41) is 6.89. The molecule has 1 saturated carbocycles. The van der Waals surface area contributed by atoms with Crippen LogP contribution in [0.1, 0.15) is 56.0 Å². The zero-order valence-electron chi connectivity index (χ0n) is 16.7. The Bertz CT molecular complexity index is 647. The Balaban J connectivity index is 0.00000364. The standard InChI is InChI=1S/C20H32N4O2.HI/c1-5-20(6-2)16(12-17(20)26-7-3)24-19(22-4)23-13-14-9-8-10-15(11-14)18(21)25;/h8-11,16-17H,5-7,12-13H2,1-4H3,(H2,21,25)(H2,22,23,24);1H. The minimum Gasteiger partial charge on any atom is -0.378 e. The van der Waals surface area contributed by atoms with Gasteiger partial charge in [-0.25, -0.2) is 0 Å². The Hall–Kier alpha value is -1.35. The van der Waals surface area contributed by atoms with Crippen molar-refractivity contribution >= 4 is 35.8 Å². The largest absolute Gasteiger partial charge is 0.378 e. The van der Waals surface area contributed by atoms with Crippen molar-refractivity contribution in [1.29, 1.82) is 0 Å². The Morgan fingerprint density at radius 3 is 2.59 bits per heavy atom. The molecule has 2 rings (SSSR count). The third-order valence-electron chi connectivity index (χ3n) is 5.68. The van der Waals surface area contributed by atoms with Gasteiger partial charge in [0.15, 0.2) is 5.96 Å². The molecule has 0 saturated heterocycles. The fourth-order valence-electron chi connectivity index (χ4n) is 3.96. The SMILES string of the molecule is CCOC1CC(NC(=NC)NCc2cccc(C(N)=O)c2)C1(CC)CC.I. The number of hydrogen-bond donors (Lipinski definition) is 3. The molecule has 27 heavy (non-hydrogen) atoms. The molecule has 7 heteroatoms. The molecule has 0 spiro atoms. The molecule has 1 aromatic rings. The van der Waals surface area contributed by atoms with Crippen LogP contribution in [-0.4, -0.2) is 37.7 Å². The summed E-state index contributed by atoms with van der Waals surface area (Å²) in [6.07, 6.45) is 3.45. The van der Waals surface area contributed by atoms with E-state index in [1.54, 1.807) is 19.2 Å². The number of halogens is 1. The highest BCUT2D eigenvalue weighted by molar-refractivity contribution is 14.0. The smallest absolute Gasteiger partial charge is 0.248 e. The number of aliphatic imine (C=N–C) groups is 1. The van der Waals surface area contributed by atoms with E-state index in [-0.39, 0.29) is 29.4 Å². The van der Waals surface area contributed by atoms with Crippen LogP contribution in [0.15, 0.2) is 29.3 Å². The Labute approximate surface area is 179 Å². The van der Waals surface area contributed by atoms with E-state index in [4.69, 9.17) is 10.5 Å². The summed E-state index contributed by atoms with van der Waals surface area (Å²) in [5.41, 5.74) is 7.00. The lowest BCUT2D eigenvalue weighted by molar-refractivity contribution is -0.133. The number of benzene rings is 1. The number of carbonyl (C=O) groups is 1. The van der Waals surface area contributed by atoms with Crippen LogP contribution in [-0.2, 0) is 11.3 Å². The molecule has 6 nitrogen and oxygen atoms in total. The summed E-state index contributed by atoms with van der Waals surface area (Å²) >= 11 is 0. The molecule has 0 bridgehead atoms. The van der Waals surface area contributed by atoms with Gasteiger partial charge in [0, 0.05) is 37.2 Å². The van der Waals surface area contributed by atoms with Gasteiger partial charge >= 0.3 is 0 Å². The van der Waals surface area contributed by atoms with E-state index in [1.165, 1.54) is 0 Å². The van der Waals surface area contributed by atoms with E-state index >= 15 is 0 Å². The minimum absolute atomic E-state index is 0. The van der Waals surface area contributed by atoms with Crippen molar-refractivity contribution in [3.8, 4) is 0 Å². The van der Waals surface area contributed by atoms with Gasteiger partial charge in [-0.3, -0.25) is 9.79 Å². The van der Waals surface area contributed by atoms with Gasteiger partial charge in [0.05, 0.1) is 6.10 Å². The maximum absolute atomic E-state index is 11.3. The van der Waals surface area contributed by atoms with Gasteiger partial charge in [-0.2, -0.15) is 0 Å². The third kappa shape index (κ3) is 5.34. The van der Waals surface area contributed by atoms with Gasteiger partial charge < -0.3 is 21.1 Å². The number of carbonyl (C=O) groups excluding carboxylic acids is 1. The van der Waals surface area contributed by atoms with Crippen molar-refractivity contribution in [2.75, 3.05) is 13.7 Å². The number of primary amides is 1. The van der Waals surface area contributed by atoms with Crippen LogP contribution in [0.5, 0.6) is 0 Å². The molecule has 4 N–H and O–H groups in total. The number of amides is 1. The molecule has 1 amide bonds. The first-order valence-corrected chi connectivity index (χ1v) is 9.48. The van der Waals surface area contributed by atoms with Crippen molar-refractivity contribution in [2.45, 2.75) is 58.7 Å². The quantitative estimate of drug-likeness (QED) is 0.298. The molecule has 2 unspecified atom stereocenters. The highest BCUT2D eigenvalue weighted by atomic mass is 127. The van der Waals surface area contributed by atoms with Crippen LogP contribution in [0.2, 0.25) is 0 Å². The van der Waals surface area contributed by atoms with Crippen LogP contribution in [0.25, 0.3) is 0 Å². The van der Waals surface area contributed by atoms with Crippen LogP contribution < -0.4 is 16.4 Å². The molecule has 0 radical (unpaired) electrons. The second-order valence-electron chi connectivity index (χ2n) is 6.81. The fraction of sp³-hybridized carbons (Fsp3) is 0.600. The molecule has 1 fully saturated rings. The summed E-state index contributed by atoms with van der Waals surface area (Å²) in [7, 11) is 1.77. The van der Waals surface area contributed by atoms with Crippen LogP contribution in [0.4, 0.5) is 0 Å². The van der Waals surface area contributed by atoms with Gasteiger partial charge in [-0.05, 0) is 43.9 Å². The summed E-state index contributed by atoms with van der Waals surface area (Å²) in [4.78, 5) is 15.7. The molecule has 152 valence electrons. The van der Waals surface area contributed by atoms with Gasteiger partial charge in [0.2, 0.25) is 5.91 Å². The number of hydrogen-bond acceptors (Lipinski definition) is 3. The molecule has 1 aliphatic carbocycles. The zero-order valence-corrected chi connectivity index (χ0v) is 19.1. The first-order chi connectivity index (χ1) is 12.5. The summed E-state index contributed by atoms with van der Waals surface area (Å²) < 4.78 is 5.94. The molecule has 0 heterocycles. The maximum atomic E-state index is 11.3. The third-order valence-corrected chi connectivity index (χ3v) is 5.68. The fourth-order valence-corrected chi connectivity index (χ4v) is 3.96. The van der Waals surface area contributed by atoms with E-state index in [0.717, 1.165) is 37.4 Å². The first kappa shape index (κ1) is 23.7. The van der Waals surface area contributed by atoms with Crippen molar-refractivity contribution in [3.05, 3.63) is 35.4 Å². The second kappa shape index (κ2) is 10.8. The maximum Gasteiger partial charge on any atom is 0.248 e. The number of guanidine groups is 1. The highest BCUT2D eigenvalue weighted by Crippen LogP contribution is 2.48. The minimum atomic E-state index is -0.415. The summed E-state index contributed by atoms with van der Waals surface area (Å²) in [6, 6.07) is 7.67. The van der Waals surface area contributed by atoms with Crippen molar-refractivity contribution < 1.29 is 9.53 Å². The average Bonchev–Trinajstić information content (AvgIpc) is 2.64. The predicted octanol–water partition coefficient (Wildman–Crippen LogP) is 3.05. The Kier molecular flexibility index (Phi) is 9.52. The lowest BCUT2D eigenvalue weighted by Crippen LogP contribution is -2.65. The van der Waals surface area contributed by atoms with Crippen LogP contribution in [0, 0.1) is 5.41 Å². The number of nitrogens with zero attached hydrogens (tertiary/aromatic N) is 1. The number of ether oxygens (including phenoxy) is 1. The average molecular weight is 488 g/mol. The van der Waals surface area contributed by atoms with Crippen LogP contribution in [0.3, 0.4) is 0 Å². The van der Waals surface area contributed by atoms with Gasteiger partial charge in [0.1, 0.15) is 0 Å². The lowest BCUT2D eigenvalue weighted by Gasteiger charge is -2.55. The Morgan fingerprint density at radius 1 is 1.33 bits per heavy atom. The van der Waals surface area contributed by atoms with Gasteiger partial charge in [0.25, 0.3) is 0 Å². The zero-order chi connectivity index (χ0) is 19.2. The van der Waals surface area contributed by atoms with E-state index in [2.05, 4.69) is 36.4 Å². The van der Waals surface area contributed by atoms with E-state index in [0.29, 0.717) is 24.3 Å². The normalized spacial score (nSPS) is 21.0. The molecular weight excluding hydrogens is 455 g/mol. The first-order valence-electron chi connectivity index (χ1n) is 9.48. The molecular formula is C20H33IN4O2. The van der Waals surface area contributed by atoms with Crippen molar-refractivity contribution in [2.24, 2.45) is 16.1 Å². The lowest BCUT2D eigenvalue weighted by atomic mass is 9.58. The molecule has 0 aromatic heterocycles. The topological polar surface area (TPSA) is 88.7 Å². The van der Waals surface area contributed by atoms with Crippen molar-refractivity contribution in [3.63, 3.8) is 0 Å². The molecule has 1 aliphatic rings.